The zero-order valence-corrected chi connectivity index (χ0v) is 11.5. The third-order valence-corrected chi connectivity index (χ3v) is 4.72. The molecule has 2 aromatic rings. The molecule has 2 rings (SSSR count). The van der Waals surface area contributed by atoms with Crippen LogP contribution < -0.4 is 5.73 Å². The van der Waals surface area contributed by atoms with E-state index in [9.17, 15) is 4.79 Å². The van der Waals surface area contributed by atoms with Crippen LogP contribution in [-0.4, -0.2) is 22.1 Å². The van der Waals surface area contributed by atoms with Gasteiger partial charge in [-0.05, 0) is 31.7 Å². The number of carbonyl (C=O) groups is 1. The molecule has 2 aromatic heterocycles. The molecule has 0 aliphatic carbocycles. The van der Waals surface area contributed by atoms with E-state index in [4.69, 9.17) is 5.73 Å². The summed E-state index contributed by atoms with van der Waals surface area (Å²) in [5.74, 6) is -0.353. The summed E-state index contributed by atoms with van der Waals surface area (Å²) in [6.07, 6.45) is 3.66. The molecule has 0 atom stereocenters. The molecule has 90 valence electrons. The Balaban J connectivity index is 2.54. The summed E-state index contributed by atoms with van der Waals surface area (Å²) < 4.78 is 1.96. The lowest BCUT2D eigenvalue weighted by molar-refractivity contribution is -0.122. The fourth-order valence-corrected chi connectivity index (χ4v) is 2.85. The van der Waals surface area contributed by atoms with E-state index in [0.29, 0.717) is 0 Å². The van der Waals surface area contributed by atoms with Gasteiger partial charge in [0.25, 0.3) is 0 Å². The first-order valence-electron chi connectivity index (χ1n) is 5.06. The van der Waals surface area contributed by atoms with Crippen molar-refractivity contribution >= 4 is 39.4 Å². The number of hydrogen-bond acceptors (Lipinski definition) is 5. The average molecular weight is 267 g/mol. The topological polar surface area (TPSA) is 68.9 Å². The van der Waals surface area contributed by atoms with E-state index in [1.165, 1.54) is 0 Å². The molecular formula is C11H13N3OS2. The summed E-state index contributed by atoms with van der Waals surface area (Å²) in [5.41, 5.74) is 6.24. The van der Waals surface area contributed by atoms with Crippen LogP contribution >= 0.6 is 23.1 Å². The van der Waals surface area contributed by atoms with E-state index in [2.05, 4.69) is 9.97 Å². The Morgan fingerprint density at radius 1 is 1.53 bits per heavy atom. The molecule has 6 heteroatoms. The van der Waals surface area contributed by atoms with Crippen molar-refractivity contribution in [1.82, 2.24) is 9.97 Å². The van der Waals surface area contributed by atoms with Crippen LogP contribution in [0.1, 0.15) is 19.4 Å². The quantitative estimate of drug-likeness (QED) is 0.865. The van der Waals surface area contributed by atoms with Gasteiger partial charge in [0, 0.05) is 6.20 Å². The number of carbonyl (C=O) groups excluding carboxylic acids is 1. The van der Waals surface area contributed by atoms with Crippen molar-refractivity contribution < 1.29 is 4.79 Å². The van der Waals surface area contributed by atoms with Crippen molar-refractivity contribution in [3.63, 3.8) is 0 Å². The molecule has 0 unspecified atom stereocenters. The normalized spacial score (nSPS) is 11.9. The molecule has 0 bridgehead atoms. The Bertz CT molecular complexity index is 577. The number of pyridine rings is 1. The summed E-state index contributed by atoms with van der Waals surface area (Å²) in [5, 5.41) is 0. The highest BCUT2D eigenvalue weighted by Gasteiger charge is 2.28. The average Bonchev–Trinajstić information content (AvgIpc) is 2.70. The van der Waals surface area contributed by atoms with Crippen LogP contribution in [0, 0.1) is 0 Å². The van der Waals surface area contributed by atoms with Crippen LogP contribution in [0.3, 0.4) is 0 Å². The third-order valence-electron chi connectivity index (χ3n) is 2.74. The first-order chi connectivity index (χ1) is 7.95. The van der Waals surface area contributed by atoms with Gasteiger partial charge in [0.2, 0.25) is 5.91 Å². The van der Waals surface area contributed by atoms with Crippen molar-refractivity contribution in [2.45, 2.75) is 23.6 Å². The maximum atomic E-state index is 11.4. The molecule has 0 aromatic carbocycles. The number of primary amides is 1. The van der Waals surface area contributed by atoms with Gasteiger partial charge in [0.15, 0.2) is 9.99 Å². The number of thiazole rings is 1. The van der Waals surface area contributed by atoms with Crippen LogP contribution in [0.2, 0.25) is 0 Å². The molecule has 4 nitrogen and oxygen atoms in total. The van der Waals surface area contributed by atoms with Crippen molar-refractivity contribution in [1.29, 1.82) is 0 Å². The fourth-order valence-electron chi connectivity index (χ4n) is 1.37. The molecule has 0 fully saturated rings. The van der Waals surface area contributed by atoms with Gasteiger partial charge in [0.05, 0.1) is 10.1 Å². The molecular weight excluding hydrogens is 254 g/mol. The minimum atomic E-state index is -0.704. The monoisotopic (exact) mass is 267 g/mol. The standard InChI is InChI=1S/C11H13N3OS2/c1-11(2,9(12)15)6-4-7-8(13-5-6)14-10(16-3)17-7/h4-5H,1-3H3,(H2,12,15). The second-order valence-corrected chi connectivity index (χ2v) is 6.30. The lowest BCUT2D eigenvalue weighted by Gasteiger charge is -2.20. The van der Waals surface area contributed by atoms with Crippen LogP contribution in [0.15, 0.2) is 16.6 Å². The highest BCUT2D eigenvalue weighted by atomic mass is 32.2. The number of hydrogen-bond donors (Lipinski definition) is 1. The van der Waals surface area contributed by atoms with Gasteiger partial charge in [0.1, 0.15) is 0 Å². The fraction of sp³-hybridized carbons (Fsp3) is 0.364. The van der Waals surface area contributed by atoms with E-state index in [-0.39, 0.29) is 5.91 Å². The predicted octanol–water partition coefficient (Wildman–Crippen LogP) is 2.18. The zero-order chi connectivity index (χ0) is 12.6. The van der Waals surface area contributed by atoms with Crippen molar-refractivity contribution in [3.8, 4) is 0 Å². The van der Waals surface area contributed by atoms with Crippen LogP contribution in [0.5, 0.6) is 0 Å². The summed E-state index contributed by atoms with van der Waals surface area (Å²) in [4.78, 5) is 20.0. The molecule has 0 aliphatic heterocycles. The van der Waals surface area contributed by atoms with Crippen molar-refractivity contribution in [2.75, 3.05) is 6.26 Å². The number of nitrogens with two attached hydrogens (primary N) is 1. The van der Waals surface area contributed by atoms with Crippen molar-refractivity contribution in [2.24, 2.45) is 5.73 Å². The van der Waals surface area contributed by atoms with Gasteiger partial charge in [-0.25, -0.2) is 9.97 Å². The largest absolute Gasteiger partial charge is 0.369 e. The van der Waals surface area contributed by atoms with Gasteiger partial charge < -0.3 is 5.73 Å². The highest BCUT2D eigenvalue weighted by molar-refractivity contribution is 8.00. The third kappa shape index (κ3) is 2.14. The predicted molar refractivity (Wildman–Crippen MR) is 71.4 cm³/mol. The Hall–Kier alpha value is -1.14. The van der Waals surface area contributed by atoms with Gasteiger partial charge in [-0.2, -0.15) is 0 Å². The molecule has 0 saturated carbocycles. The Labute approximate surface area is 108 Å². The second kappa shape index (κ2) is 4.27. The minimum absolute atomic E-state index is 0.353. The maximum Gasteiger partial charge on any atom is 0.227 e. The molecule has 0 saturated heterocycles. The molecule has 17 heavy (non-hydrogen) atoms. The van der Waals surface area contributed by atoms with E-state index in [1.807, 2.05) is 12.3 Å². The van der Waals surface area contributed by atoms with Gasteiger partial charge >= 0.3 is 0 Å². The molecule has 0 aliphatic rings. The lowest BCUT2D eigenvalue weighted by atomic mass is 9.85. The van der Waals surface area contributed by atoms with E-state index < -0.39 is 5.41 Å². The van der Waals surface area contributed by atoms with Crippen molar-refractivity contribution in [3.05, 3.63) is 17.8 Å². The Kier molecular flexibility index (Phi) is 3.09. The van der Waals surface area contributed by atoms with E-state index in [1.54, 1.807) is 43.1 Å². The smallest absolute Gasteiger partial charge is 0.227 e. The van der Waals surface area contributed by atoms with Gasteiger partial charge in [-0.15, -0.1) is 11.3 Å². The minimum Gasteiger partial charge on any atom is -0.369 e. The first kappa shape index (κ1) is 12.3. The molecule has 1 amide bonds. The number of thioether (sulfide) groups is 1. The summed E-state index contributed by atoms with van der Waals surface area (Å²) in [6, 6.07) is 1.95. The number of rotatable bonds is 3. The lowest BCUT2D eigenvalue weighted by Crippen LogP contribution is -2.35. The second-order valence-electron chi connectivity index (χ2n) is 4.22. The number of aromatic nitrogens is 2. The van der Waals surface area contributed by atoms with Crippen LogP contribution in [0.4, 0.5) is 0 Å². The number of nitrogens with zero attached hydrogens (tertiary/aromatic N) is 2. The summed E-state index contributed by atoms with van der Waals surface area (Å²) >= 11 is 3.17. The van der Waals surface area contributed by atoms with E-state index >= 15 is 0 Å². The van der Waals surface area contributed by atoms with Gasteiger partial charge in [-0.3, -0.25) is 4.79 Å². The van der Waals surface area contributed by atoms with Crippen LogP contribution in [0.25, 0.3) is 10.3 Å². The molecule has 2 N–H and O–H groups in total. The molecule has 0 radical (unpaired) electrons. The molecule has 2 heterocycles. The molecule has 0 spiro atoms. The highest BCUT2D eigenvalue weighted by Crippen LogP contribution is 2.30. The first-order valence-corrected chi connectivity index (χ1v) is 7.10. The zero-order valence-electron chi connectivity index (χ0n) is 9.85. The van der Waals surface area contributed by atoms with E-state index in [0.717, 1.165) is 20.3 Å². The van der Waals surface area contributed by atoms with Crippen LogP contribution in [-0.2, 0) is 10.2 Å². The maximum absolute atomic E-state index is 11.4. The SMILES string of the molecule is CSc1nc2ncc(C(C)(C)C(N)=O)cc2s1. The number of amides is 1. The Morgan fingerprint density at radius 3 is 2.82 bits per heavy atom. The van der Waals surface area contributed by atoms with Gasteiger partial charge in [-0.1, -0.05) is 11.8 Å². The number of fused-ring (bicyclic) bond motifs is 1. The Morgan fingerprint density at radius 2 is 2.24 bits per heavy atom. The summed E-state index contributed by atoms with van der Waals surface area (Å²) in [6.45, 7) is 3.60. The summed E-state index contributed by atoms with van der Waals surface area (Å²) in [7, 11) is 0.